The number of pyridine rings is 2. The van der Waals surface area contributed by atoms with Crippen LogP contribution in [-0.2, 0) is 13.2 Å². The van der Waals surface area contributed by atoms with Crippen molar-refractivity contribution in [3.8, 4) is 5.75 Å². The molecular weight excluding hydrogens is 358 g/mol. The number of nitrogens with two attached hydrogens (primary N) is 1. The number of carbonyl (C=O) groups excluding carboxylic acids is 1. The molecule has 0 aliphatic rings. The summed E-state index contributed by atoms with van der Waals surface area (Å²) in [6.45, 7) is 0.353. The molecule has 0 aliphatic carbocycles. The molecule has 1 amide bonds. The van der Waals surface area contributed by atoms with Crippen molar-refractivity contribution in [1.29, 1.82) is 0 Å². The number of ether oxygens (including phenoxy) is 1. The van der Waals surface area contributed by atoms with Gasteiger partial charge in [-0.2, -0.15) is 0 Å². The summed E-state index contributed by atoms with van der Waals surface area (Å²) in [4.78, 5) is 24.5. The van der Waals surface area contributed by atoms with Gasteiger partial charge in [0.15, 0.2) is 12.3 Å². The van der Waals surface area contributed by atoms with Crippen LogP contribution in [0.2, 0.25) is 0 Å². The highest BCUT2D eigenvalue weighted by Crippen LogP contribution is 2.25. The van der Waals surface area contributed by atoms with E-state index >= 15 is 0 Å². The Kier molecular flexibility index (Phi) is 4.83. The smallest absolute Gasteiger partial charge is 0.273 e. The van der Waals surface area contributed by atoms with Gasteiger partial charge in [-0.25, -0.2) is 9.97 Å². The Bertz CT molecular complexity index is 1120. The number of amides is 1. The lowest BCUT2D eigenvalue weighted by molar-refractivity contribution is 0.0946. The quantitative estimate of drug-likeness (QED) is 0.532. The molecule has 0 spiro atoms. The number of nitrogen functional groups attached to an aromatic ring is 1. The van der Waals surface area contributed by atoms with Crippen LogP contribution in [0, 0.1) is 0 Å². The van der Waals surface area contributed by atoms with Crippen LogP contribution >= 0.6 is 0 Å². The minimum absolute atomic E-state index is 0.101. The average Bonchev–Trinajstić information content (AvgIpc) is 3.20. The number of nitrogens with one attached hydrogen (secondary N) is 1. The fourth-order valence-corrected chi connectivity index (χ4v) is 2.71. The highest BCUT2D eigenvalue weighted by molar-refractivity contribution is 5.92. The van der Waals surface area contributed by atoms with Gasteiger partial charge >= 0.3 is 0 Å². The Hall–Kier alpha value is -3.94. The average molecular weight is 375 g/mol. The molecule has 140 valence electrons. The molecule has 4 aromatic rings. The maximum absolute atomic E-state index is 12.2. The topological polar surface area (TPSA) is 116 Å². The molecular formula is C20H17N5O3. The van der Waals surface area contributed by atoms with E-state index in [1.165, 1.54) is 6.26 Å². The zero-order valence-corrected chi connectivity index (χ0v) is 14.8. The third kappa shape index (κ3) is 3.75. The van der Waals surface area contributed by atoms with Crippen molar-refractivity contribution in [2.24, 2.45) is 0 Å². The van der Waals surface area contributed by atoms with Crippen LogP contribution in [0.1, 0.15) is 21.9 Å². The number of hydrogen-bond acceptors (Lipinski definition) is 7. The van der Waals surface area contributed by atoms with Gasteiger partial charge in [0.1, 0.15) is 17.8 Å². The molecule has 0 saturated heterocycles. The molecule has 0 aliphatic heterocycles. The molecule has 4 rings (SSSR count). The summed E-state index contributed by atoms with van der Waals surface area (Å²) in [5.74, 6) is 1.00. The van der Waals surface area contributed by atoms with Crippen molar-refractivity contribution >= 4 is 22.5 Å². The van der Waals surface area contributed by atoms with Crippen molar-refractivity contribution < 1.29 is 13.9 Å². The summed E-state index contributed by atoms with van der Waals surface area (Å²) in [5, 5.41) is 4.65. The molecule has 0 bridgehead atoms. The highest BCUT2D eigenvalue weighted by Gasteiger charge is 2.13. The Morgan fingerprint density at radius 2 is 2.11 bits per heavy atom. The molecule has 0 unspecified atom stereocenters. The SMILES string of the molecule is Nc1ncccc1CNC(=O)c1coc(COc2cccc3cnccc23)n1. The van der Waals surface area contributed by atoms with Gasteiger partial charge in [-0.15, -0.1) is 0 Å². The number of benzene rings is 1. The van der Waals surface area contributed by atoms with E-state index in [4.69, 9.17) is 14.9 Å². The molecule has 3 N–H and O–H groups in total. The van der Waals surface area contributed by atoms with E-state index in [2.05, 4.69) is 20.3 Å². The van der Waals surface area contributed by atoms with Gasteiger partial charge in [0, 0.05) is 41.5 Å². The number of oxazole rings is 1. The largest absolute Gasteiger partial charge is 0.483 e. The second-order valence-electron chi connectivity index (χ2n) is 6.00. The molecule has 3 aromatic heterocycles. The van der Waals surface area contributed by atoms with Crippen LogP contribution in [0.3, 0.4) is 0 Å². The third-order valence-electron chi connectivity index (χ3n) is 4.14. The van der Waals surface area contributed by atoms with Gasteiger partial charge in [0.05, 0.1) is 0 Å². The Labute approximate surface area is 160 Å². The van der Waals surface area contributed by atoms with Gasteiger partial charge in [-0.1, -0.05) is 18.2 Å². The van der Waals surface area contributed by atoms with Gasteiger partial charge < -0.3 is 20.2 Å². The van der Waals surface area contributed by atoms with Crippen LogP contribution in [0.4, 0.5) is 5.82 Å². The van der Waals surface area contributed by atoms with E-state index in [-0.39, 0.29) is 24.8 Å². The summed E-state index contributed by atoms with van der Waals surface area (Å²) >= 11 is 0. The lowest BCUT2D eigenvalue weighted by Gasteiger charge is -2.07. The third-order valence-corrected chi connectivity index (χ3v) is 4.14. The standard InChI is InChI=1S/C20H17N5O3/c21-19-14(4-2-7-23-19)10-24-20(26)16-11-28-18(25-16)12-27-17-5-1-3-13-9-22-8-6-15(13)17/h1-9,11H,10,12H2,(H2,21,23)(H,24,26). The summed E-state index contributed by atoms with van der Waals surface area (Å²) in [5.41, 5.74) is 6.67. The molecule has 1 aromatic carbocycles. The summed E-state index contributed by atoms with van der Waals surface area (Å²) in [6, 6.07) is 11.1. The molecule has 0 fully saturated rings. The van der Waals surface area contributed by atoms with Gasteiger partial charge in [0.2, 0.25) is 5.89 Å². The van der Waals surface area contributed by atoms with Crippen molar-refractivity contribution in [2.45, 2.75) is 13.2 Å². The van der Waals surface area contributed by atoms with E-state index < -0.39 is 0 Å². The first kappa shape index (κ1) is 17.5. The van der Waals surface area contributed by atoms with Crippen molar-refractivity contribution in [3.63, 3.8) is 0 Å². The fourth-order valence-electron chi connectivity index (χ4n) is 2.71. The van der Waals surface area contributed by atoms with E-state index in [0.717, 1.165) is 16.3 Å². The Morgan fingerprint density at radius 1 is 1.18 bits per heavy atom. The summed E-state index contributed by atoms with van der Waals surface area (Å²) in [6.07, 6.45) is 6.37. The first-order chi connectivity index (χ1) is 13.7. The van der Waals surface area contributed by atoms with E-state index in [1.54, 1.807) is 30.7 Å². The number of hydrogen-bond donors (Lipinski definition) is 2. The molecule has 0 radical (unpaired) electrons. The second kappa shape index (κ2) is 7.75. The number of rotatable bonds is 6. The van der Waals surface area contributed by atoms with Gasteiger partial charge in [-0.05, 0) is 18.2 Å². The molecule has 3 heterocycles. The predicted molar refractivity (Wildman–Crippen MR) is 102 cm³/mol. The Balaban J connectivity index is 1.39. The summed E-state index contributed by atoms with van der Waals surface area (Å²) < 4.78 is 11.2. The number of nitrogens with zero attached hydrogens (tertiary/aromatic N) is 3. The number of aromatic nitrogens is 3. The van der Waals surface area contributed by atoms with Gasteiger partial charge in [-0.3, -0.25) is 9.78 Å². The molecule has 0 atom stereocenters. The first-order valence-corrected chi connectivity index (χ1v) is 8.58. The normalized spacial score (nSPS) is 10.7. The molecule has 8 heteroatoms. The van der Waals surface area contributed by atoms with E-state index in [0.29, 0.717) is 17.5 Å². The van der Waals surface area contributed by atoms with Crippen LogP contribution in [0.25, 0.3) is 10.8 Å². The fraction of sp³-hybridized carbons (Fsp3) is 0.100. The molecule has 0 saturated carbocycles. The zero-order valence-electron chi connectivity index (χ0n) is 14.8. The minimum Gasteiger partial charge on any atom is -0.483 e. The lowest BCUT2D eigenvalue weighted by Crippen LogP contribution is -2.23. The van der Waals surface area contributed by atoms with Crippen LogP contribution in [0.15, 0.2) is 65.7 Å². The Morgan fingerprint density at radius 3 is 3.00 bits per heavy atom. The maximum atomic E-state index is 12.2. The minimum atomic E-state index is -0.366. The van der Waals surface area contributed by atoms with Crippen LogP contribution < -0.4 is 15.8 Å². The molecule has 28 heavy (non-hydrogen) atoms. The monoisotopic (exact) mass is 375 g/mol. The molecule has 8 nitrogen and oxygen atoms in total. The van der Waals surface area contributed by atoms with E-state index in [9.17, 15) is 4.79 Å². The number of anilines is 1. The van der Waals surface area contributed by atoms with Crippen molar-refractivity contribution in [1.82, 2.24) is 20.3 Å². The van der Waals surface area contributed by atoms with Crippen LogP contribution in [-0.4, -0.2) is 20.9 Å². The first-order valence-electron chi connectivity index (χ1n) is 8.58. The lowest BCUT2D eigenvalue weighted by atomic mass is 10.1. The predicted octanol–water partition coefficient (Wildman–Crippen LogP) is 2.71. The van der Waals surface area contributed by atoms with E-state index in [1.807, 2.05) is 24.3 Å². The highest BCUT2D eigenvalue weighted by atomic mass is 16.5. The van der Waals surface area contributed by atoms with Crippen LogP contribution in [0.5, 0.6) is 5.75 Å². The maximum Gasteiger partial charge on any atom is 0.273 e. The zero-order chi connectivity index (χ0) is 19.3. The number of carbonyl (C=O) groups is 1. The number of fused-ring (bicyclic) bond motifs is 1. The van der Waals surface area contributed by atoms with Gasteiger partial charge in [0.25, 0.3) is 5.91 Å². The second-order valence-corrected chi connectivity index (χ2v) is 6.00. The van der Waals surface area contributed by atoms with Crippen molar-refractivity contribution in [2.75, 3.05) is 5.73 Å². The summed E-state index contributed by atoms with van der Waals surface area (Å²) in [7, 11) is 0. The van der Waals surface area contributed by atoms with Crippen molar-refractivity contribution in [3.05, 3.63) is 78.4 Å².